The van der Waals surface area contributed by atoms with E-state index >= 15 is 0 Å². The van der Waals surface area contributed by atoms with Crippen molar-refractivity contribution in [3.63, 3.8) is 0 Å². The van der Waals surface area contributed by atoms with Crippen LogP contribution in [0.15, 0.2) is 0 Å². The zero-order valence-electron chi connectivity index (χ0n) is 66.9. The number of hydrogen-bond acceptors (Lipinski definition) is 15. The van der Waals surface area contributed by atoms with Crippen LogP contribution in [0, 0.1) is 11.8 Å². The molecule has 0 spiro atoms. The fourth-order valence-corrected chi connectivity index (χ4v) is 14.5. The van der Waals surface area contributed by atoms with Gasteiger partial charge in [0, 0.05) is 25.7 Å². The maximum Gasteiger partial charge on any atom is 0.472 e. The number of unbranched alkanes of at least 4 members (excludes halogenated alkanes) is 52. The maximum absolute atomic E-state index is 13.1. The van der Waals surface area contributed by atoms with Gasteiger partial charge in [0.25, 0.3) is 0 Å². The highest BCUT2D eigenvalue weighted by atomic mass is 31.2. The summed E-state index contributed by atoms with van der Waals surface area (Å²) < 4.78 is 68.8. The summed E-state index contributed by atoms with van der Waals surface area (Å²) in [6.45, 7) is 9.59. The van der Waals surface area contributed by atoms with E-state index in [9.17, 15) is 43.2 Å². The Hall–Kier alpha value is -1.94. The average Bonchev–Trinajstić information content (AvgIpc) is 0.931. The number of carbonyl (C=O) groups excluding carboxylic acids is 4. The molecule has 0 rings (SSSR count). The second kappa shape index (κ2) is 74.5. The number of hydrogen-bond donors (Lipinski definition) is 3. The number of aliphatic hydroxyl groups is 1. The van der Waals surface area contributed by atoms with Crippen molar-refractivity contribution in [2.75, 3.05) is 39.6 Å². The first-order chi connectivity index (χ1) is 49.4. The summed E-state index contributed by atoms with van der Waals surface area (Å²) in [7, 11) is -9.92. The van der Waals surface area contributed by atoms with Crippen LogP contribution < -0.4 is 0 Å². The van der Waals surface area contributed by atoms with E-state index < -0.39 is 97.5 Å². The van der Waals surface area contributed by atoms with Crippen LogP contribution in [0.25, 0.3) is 0 Å². The lowest BCUT2D eigenvalue weighted by Crippen LogP contribution is -2.30. The van der Waals surface area contributed by atoms with Gasteiger partial charge in [0.15, 0.2) is 12.2 Å². The second-order valence-electron chi connectivity index (χ2n) is 30.8. The predicted molar refractivity (Wildman–Crippen MR) is 418 cm³/mol. The van der Waals surface area contributed by atoms with Gasteiger partial charge in [-0.1, -0.05) is 388 Å². The van der Waals surface area contributed by atoms with Crippen molar-refractivity contribution >= 4 is 39.5 Å². The maximum atomic E-state index is 13.1. The molecule has 2 unspecified atom stereocenters. The van der Waals surface area contributed by atoms with E-state index in [4.69, 9.17) is 37.0 Å². The molecule has 0 saturated carbocycles. The minimum atomic E-state index is -4.96. The van der Waals surface area contributed by atoms with Gasteiger partial charge >= 0.3 is 39.5 Å². The highest BCUT2D eigenvalue weighted by Crippen LogP contribution is 2.45. The topological polar surface area (TPSA) is 237 Å². The number of rotatable bonds is 82. The lowest BCUT2D eigenvalue weighted by Gasteiger charge is -2.21. The Balaban J connectivity index is 5.21. The van der Waals surface area contributed by atoms with Gasteiger partial charge in [-0.3, -0.25) is 37.3 Å². The van der Waals surface area contributed by atoms with Crippen molar-refractivity contribution in [1.82, 2.24) is 0 Å². The molecule has 0 aromatic rings. The fourth-order valence-electron chi connectivity index (χ4n) is 12.9. The fraction of sp³-hybridized carbons (Fsp3) is 0.952. The minimum Gasteiger partial charge on any atom is -0.462 e. The first-order valence-corrected chi connectivity index (χ1v) is 46.0. The Morgan fingerprint density at radius 2 is 0.451 bits per heavy atom. The molecule has 17 nitrogen and oxygen atoms in total. The summed E-state index contributed by atoms with van der Waals surface area (Å²) in [5.41, 5.74) is 0. The van der Waals surface area contributed by atoms with Crippen LogP contribution in [0.4, 0.5) is 0 Å². The molecule has 19 heteroatoms. The highest BCUT2D eigenvalue weighted by Gasteiger charge is 2.30. The molecule has 0 radical (unpaired) electrons. The third kappa shape index (κ3) is 76.3. The standard InChI is InChI=1S/C83H162O17P2/c1-7-9-11-13-15-17-19-21-23-25-26-27-28-29-31-35-40-44-48-56-62-67-82(87)99-78(71-93-80(85)65-59-53-46-42-38-36-32-33-37-41-45-51-57-63-75(3)4)73-97-101(89,90)95-69-77(84)70-96-102(91,92)98-74-79(72-94-81(86)66-60-54-50-49-52-58-64-76(5)6)100-83(88)68-61-55-47-43-39-34-30-24-22-20-18-16-14-12-10-8-2/h75-79,84H,7-74H2,1-6H3,(H,89,90)(H,91,92)/t77-,78-,79-/m1/s1. The molecule has 0 heterocycles. The van der Waals surface area contributed by atoms with Gasteiger partial charge in [-0.2, -0.15) is 0 Å². The van der Waals surface area contributed by atoms with Gasteiger partial charge in [0.05, 0.1) is 26.4 Å². The smallest absolute Gasteiger partial charge is 0.462 e. The van der Waals surface area contributed by atoms with E-state index in [-0.39, 0.29) is 25.7 Å². The van der Waals surface area contributed by atoms with Crippen molar-refractivity contribution in [1.29, 1.82) is 0 Å². The summed E-state index contributed by atoms with van der Waals surface area (Å²) in [6.07, 6.45) is 65.5. The molecule has 0 amide bonds. The number of phosphoric acid groups is 2. The molecule has 102 heavy (non-hydrogen) atoms. The Kier molecular flexibility index (Phi) is 73.1. The van der Waals surface area contributed by atoms with E-state index in [0.29, 0.717) is 31.6 Å². The van der Waals surface area contributed by atoms with Crippen LogP contribution in [0.5, 0.6) is 0 Å². The summed E-state index contributed by atoms with van der Waals surface area (Å²) in [5, 5.41) is 10.6. The number of carbonyl (C=O) groups is 4. The Morgan fingerprint density at radius 1 is 0.265 bits per heavy atom. The molecule has 5 atom stereocenters. The zero-order valence-corrected chi connectivity index (χ0v) is 68.7. The number of esters is 4. The molecule has 0 saturated heterocycles. The number of phosphoric ester groups is 2. The van der Waals surface area contributed by atoms with Crippen LogP contribution in [-0.2, 0) is 65.4 Å². The van der Waals surface area contributed by atoms with Crippen LogP contribution in [-0.4, -0.2) is 96.7 Å². The van der Waals surface area contributed by atoms with E-state index in [1.807, 2.05) is 0 Å². The highest BCUT2D eigenvalue weighted by molar-refractivity contribution is 7.47. The predicted octanol–water partition coefficient (Wildman–Crippen LogP) is 25.1. The first kappa shape index (κ1) is 100. The largest absolute Gasteiger partial charge is 0.472 e. The van der Waals surface area contributed by atoms with Gasteiger partial charge in [-0.05, 0) is 37.5 Å². The Labute approximate surface area is 626 Å². The molecule has 0 aliphatic rings. The zero-order chi connectivity index (χ0) is 74.9. The summed E-state index contributed by atoms with van der Waals surface area (Å²) in [6, 6.07) is 0. The van der Waals surface area contributed by atoms with Crippen LogP contribution in [0.3, 0.4) is 0 Å². The molecule has 0 aromatic carbocycles. The SMILES string of the molecule is CCCCCCCCCCCCCCCCCCCCCCCC(=O)O[C@H](COC(=O)CCCCCCCCCCCCCCCC(C)C)COP(=O)(O)OC[C@@H](O)COP(=O)(O)OC[C@@H](COC(=O)CCCCCCCCC(C)C)OC(=O)CCCCCCCCCCCCCCCCCC. The molecule has 0 aliphatic carbocycles. The van der Waals surface area contributed by atoms with Gasteiger partial charge < -0.3 is 33.8 Å². The molecule has 606 valence electrons. The van der Waals surface area contributed by atoms with Crippen molar-refractivity contribution < 1.29 is 80.2 Å². The third-order valence-corrected chi connectivity index (χ3v) is 21.4. The molecule has 0 fully saturated rings. The lowest BCUT2D eigenvalue weighted by atomic mass is 10.0. The van der Waals surface area contributed by atoms with Crippen LogP contribution >= 0.6 is 15.6 Å². The quantitative estimate of drug-likeness (QED) is 0.0222. The normalized spacial score (nSPS) is 13.9. The Morgan fingerprint density at radius 3 is 0.667 bits per heavy atom. The first-order valence-electron chi connectivity index (χ1n) is 43.0. The monoisotopic (exact) mass is 1490 g/mol. The Bertz CT molecular complexity index is 1960. The second-order valence-corrected chi connectivity index (χ2v) is 33.7. The summed E-state index contributed by atoms with van der Waals surface area (Å²) in [5.74, 6) is -0.638. The molecular formula is C83H162O17P2. The molecule has 3 N–H and O–H groups in total. The summed E-state index contributed by atoms with van der Waals surface area (Å²) >= 11 is 0. The third-order valence-electron chi connectivity index (χ3n) is 19.5. The van der Waals surface area contributed by atoms with Crippen LogP contribution in [0.1, 0.15) is 440 Å². The van der Waals surface area contributed by atoms with Crippen molar-refractivity contribution in [3.05, 3.63) is 0 Å². The van der Waals surface area contributed by atoms with Gasteiger partial charge in [-0.15, -0.1) is 0 Å². The average molecular weight is 1490 g/mol. The summed E-state index contributed by atoms with van der Waals surface area (Å²) in [4.78, 5) is 73.1. The van der Waals surface area contributed by atoms with Gasteiger partial charge in [0.2, 0.25) is 0 Å². The van der Waals surface area contributed by atoms with Crippen molar-refractivity contribution in [2.24, 2.45) is 11.8 Å². The lowest BCUT2D eigenvalue weighted by molar-refractivity contribution is -0.161. The van der Waals surface area contributed by atoms with E-state index in [0.717, 1.165) is 102 Å². The van der Waals surface area contributed by atoms with E-state index in [2.05, 4.69) is 41.5 Å². The van der Waals surface area contributed by atoms with Crippen molar-refractivity contribution in [3.8, 4) is 0 Å². The molecule has 0 aliphatic heterocycles. The molecule has 0 bridgehead atoms. The molecule has 0 aromatic heterocycles. The number of aliphatic hydroxyl groups excluding tert-OH is 1. The van der Waals surface area contributed by atoms with Crippen LogP contribution in [0.2, 0.25) is 0 Å². The van der Waals surface area contributed by atoms with E-state index in [1.54, 1.807) is 0 Å². The molecular weight excluding hydrogens is 1330 g/mol. The van der Waals surface area contributed by atoms with E-state index in [1.165, 1.54) is 250 Å². The van der Waals surface area contributed by atoms with Gasteiger partial charge in [-0.25, -0.2) is 9.13 Å². The van der Waals surface area contributed by atoms with Gasteiger partial charge in [0.1, 0.15) is 19.3 Å². The number of ether oxygens (including phenoxy) is 4. The minimum absolute atomic E-state index is 0.107. The van der Waals surface area contributed by atoms with Crippen molar-refractivity contribution in [2.45, 2.75) is 458 Å².